The van der Waals surface area contributed by atoms with E-state index in [2.05, 4.69) is 25.6 Å². The second kappa shape index (κ2) is 7.09. The summed E-state index contributed by atoms with van der Waals surface area (Å²) in [5, 5.41) is 16.8. The molecular formula is C18H25N5O2S. The van der Waals surface area contributed by atoms with Gasteiger partial charge >= 0.3 is 0 Å². The van der Waals surface area contributed by atoms with Crippen molar-refractivity contribution in [2.45, 2.75) is 51.4 Å². The zero-order valence-corrected chi connectivity index (χ0v) is 15.8. The van der Waals surface area contributed by atoms with Gasteiger partial charge in [0.25, 0.3) is 0 Å². The average molecular weight is 375 g/mol. The Morgan fingerprint density at radius 3 is 2.96 bits per heavy atom. The van der Waals surface area contributed by atoms with Crippen molar-refractivity contribution in [1.29, 1.82) is 0 Å². The quantitative estimate of drug-likeness (QED) is 0.792. The zero-order chi connectivity index (χ0) is 18.1. The molecule has 1 amide bonds. The van der Waals surface area contributed by atoms with Crippen LogP contribution in [-0.2, 0) is 17.9 Å². The molecule has 1 saturated carbocycles. The fourth-order valence-electron chi connectivity index (χ4n) is 3.68. The van der Waals surface area contributed by atoms with Crippen molar-refractivity contribution in [1.82, 2.24) is 24.8 Å². The Hall–Kier alpha value is -1.77. The maximum Gasteiger partial charge on any atom is 0.228 e. The molecule has 2 aromatic heterocycles. The smallest absolute Gasteiger partial charge is 0.228 e. The molecule has 3 heterocycles. The topological polar surface area (TPSA) is 83.3 Å². The number of β-amino-alcohol motifs (C(OH)–C–C–N with tert-alkyl or cyclic N) is 1. The van der Waals surface area contributed by atoms with E-state index in [-0.39, 0.29) is 17.4 Å². The highest BCUT2D eigenvalue weighted by atomic mass is 32.1. The fourth-order valence-corrected chi connectivity index (χ4v) is 4.28. The summed E-state index contributed by atoms with van der Waals surface area (Å²) in [5.74, 6) is 0.0684. The first-order valence-electron chi connectivity index (χ1n) is 9.12. The van der Waals surface area contributed by atoms with Gasteiger partial charge in [0.2, 0.25) is 5.91 Å². The highest BCUT2D eigenvalue weighted by Gasteiger charge is 2.50. The highest BCUT2D eigenvalue weighted by Crippen LogP contribution is 2.47. The number of nitrogens with zero attached hydrogens (tertiary/aromatic N) is 4. The SMILES string of the molecule is Cc1nc(CN2CCC(NC(=O)C3(Cn4ccnc4)CC3)C(O)C2)cs1. The van der Waals surface area contributed by atoms with Gasteiger partial charge < -0.3 is 15.0 Å². The number of nitrogens with one attached hydrogen (secondary N) is 1. The molecule has 0 bridgehead atoms. The largest absolute Gasteiger partial charge is 0.390 e. The van der Waals surface area contributed by atoms with E-state index in [0.29, 0.717) is 13.1 Å². The number of aryl methyl sites for hydroxylation is 1. The summed E-state index contributed by atoms with van der Waals surface area (Å²) in [6.07, 6.45) is 7.39. The first kappa shape index (κ1) is 17.6. The summed E-state index contributed by atoms with van der Waals surface area (Å²) < 4.78 is 1.96. The Balaban J connectivity index is 1.30. The Morgan fingerprint density at radius 1 is 1.50 bits per heavy atom. The Bertz CT molecular complexity index is 755. The minimum atomic E-state index is -0.545. The molecule has 1 saturated heterocycles. The first-order chi connectivity index (χ1) is 12.5. The molecule has 0 aromatic carbocycles. The lowest BCUT2D eigenvalue weighted by atomic mass is 9.99. The zero-order valence-electron chi connectivity index (χ0n) is 15.0. The number of carbonyl (C=O) groups excluding carboxylic acids is 1. The molecule has 8 heteroatoms. The number of amides is 1. The Labute approximate surface area is 157 Å². The van der Waals surface area contributed by atoms with Gasteiger partial charge in [-0.05, 0) is 26.2 Å². The summed E-state index contributed by atoms with van der Waals surface area (Å²) in [6, 6.07) is -0.170. The van der Waals surface area contributed by atoms with Gasteiger partial charge in [-0.15, -0.1) is 11.3 Å². The van der Waals surface area contributed by atoms with Crippen LogP contribution < -0.4 is 5.32 Å². The molecule has 0 radical (unpaired) electrons. The summed E-state index contributed by atoms with van der Waals surface area (Å²) in [4.78, 5) is 23.5. The summed E-state index contributed by atoms with van der Waals surface area (Å²) >= 11 is 1.65. The molecule has 140 valence electrons. The molecule has 2 fully saturated rings. The predicted molar refractivity (Wildman–Crippen MR) is 98.6 cm³/mol. The van der Waals surface area contributed by atoms with Crippen molar-refractivity contribution in [2.75, 3.05) is 13.1 Å². The van der Waals surface area contributed by atoms with Crippen molar-refractivity contribution in [3.05, 3.63) is 34.8 Å². The molecule has 0 spiro atoms. The number of thiazole rings is 1. The number of piperidine rings is 1. The second-order valence-corrected chi connectivity index (χ2v) is 8.61. The van der Waals surface area contributed by atoms with Gasteiger partial charge in [-0.1, -0.05) is 0 Å². The third-order valence-electron chi connectivity index (χ3n) is 5.41. The van der Waals surface area contributed by atoms with Crippen molar-refractivity contribution in [3.8, 4) is 0 Å². The van der Waals surface area contributed by atoms with Crippen LogP contribution in [0.1, 0.15) is 30.0 Å². The predicted octanol–water partition coefficient (Wildman–Crippen LogP) is 1.18. The molecule has 2 aliphatic rings. The summed E-state index contributed by atoms with van der Waals surface area (Å²) in [7, 11) is 0. The van der Waals surface area contributed by atoms with E-state index in [0.717, 1.165) is 43.1 Å². The number of aliphatic hydroxyl groups excluding tert-OH is 1. The van der Waals surface area contributed by atoms with Crippen molar-refractivity contribution < 1.29 is 9.90 Å². The standard InChI is InChI=1S/C18H25N5O2S/c1-13-20-14(10-26-13)8-22-6-2-15(16(24)9-22)21-17(25)18(3-4-18)11-23-7-5-19-12-23/h5,7,10,12,15-16,24H,2-4,6,8-9,11H2,1H3,(H,21,25). The maximum atomic E-state index is 12.8. The number of hydrogen-bond donors (Lipinski definition) is 2. The lowest BCUT2D eigenvalue weighted by molar-refractivity contribution is -0.129. The van der Waals surface area contributed by atoms with Crippen LogP contribution in [0.15, 0.2) is 24.1 Å². The minimum Gasteiger partial charge on any atom is -0.390 e. The Morgan fingerprint density at radius 2 is 2.35 bits per heavy atom. The van der Waals surface area contributed by atoms with E-state index in [1.807, 2.05) is 17.7 Å². The van der Waals surface area contributed by atoms with E-state index in [1.54, 1.807) is 23.9 Å². The van der Waals surface area contributed by atoms with E-state index in [9.17, 15) is 9.90 Å². The minimum absolute atomic E-state index is 0.0684. The second-order valence-electron chi connectivity index (χ2n) is 7.54. The molecule has 2 unspecified atom stereocenters. The third kappa shape index (κ3) is 3.82. The number of carbonyl (C=O) groups is 1. The molecule has 2 atom stereocenters. The molecule has 2 N–H and O–H groups in total. The molecule has 1 aliphatic heterocycles. The average Bonchev–Trinajstić information content (AvgIpc) is 2.99. The normalized spacial score (nSPS) is 25.2. The molecule has 1 aliphatic carbocycles. The summed E-state index contributed by atoms with van der Waals surface area (Å²) in [5.41, 5.74) is 0.731. The summed E-state index contributed by atoms with van der Waals surface area (Å²) in [6.45, 7) is 4.84. The van der Waals surface area contributed by atoms with Crippen molar-refractivity contribution >= 4 is 17.2 Å². The van der Waals surface area contributed by atoms with Crippen LogP contribution in [0.3, 0.4) is 0 Å². The van der Waals surface area contributed by atoms with Crippen LogP contribution in [-0.4, -0.2) is 55.7 Å². The van der Waals surface area contributed by atoms with Crippen molar-refractivity contribution in [3.63, 3.8) is 0 Å². The molecule has 2 aromatic rings. The number of likely N-dealkylation sites (tertiary alicyclic amines) is 1. The van der Waals surface area contributed by atoms with E-state index in [1.165, 1.54) is 0 Å². The van der Waals surface area contributed by atoms with Gasteiger partial charge in [0, 0.05) is 44.0 Å². The molecule has 4 rings (SSSR count). The number of aliphatic hydroxyl groups is 1. The van der Waals surface area contributed by atoms with Gasteiger partial charge in [-0.2, -0.15) is 0 Å². The van der Waals surface area contributed by atoms with Gasteiger partial charge in [-0.25, -0.2) is 9.97 Å². The molecule has 26 heavy (non-hydrogen) atoms. The maximum absolute atomic E-state index is 12.8. The third-order valence-corrected chi connectivity index (χ3v) is 6.24. The number of hydrogen-bond acceptors (Lipinski definition) is 6. The monoisotopic (exact) mass is 375 g/mol. The molecule has 7 nitrogen and oxygen atoms in total. The van der Waals surface area contributed by atoms with Crippen LogP contribution in [0, 0.1) is 12.3 Å². The van der Waals surface area contributed by atoms with E-state index in [4.69, 9.17) is 0 Å². The van der Waals surface area contributed by atoms with Crippen LogP contribution >= 0.6 is 11.3 Å². The lowest BCUT2D eigenvalue weighted by Gasteiger charge is -2.36. The van der Waals surface area contributed by atoms with Crippen LogP contribution in [0.2, 0.25) is 0 Å². The van der Waals surface area contributed by atoms with Crippen LogP contribution in [0.5, 0.6) is 0 Å². The van der Waals surface area contributed by atoms with Crippen LogP contribution in [0.25, 0.3) is 0 Å². The first-order valence-corrected chi connectivity index (χ1v) is 10.0. The lowest BCUT2D eigenvalue weighted by Crippen LogP contribution is -2.55. The van der Waals surface area contributed by atoms with Gasteiger partial charge in [0.15, 0.2) is 0 Å². The molecular weight excluding hydrogens is 350 g/mol. The van der Waals surface area contributed by atoms with E-state index >= 15 is 0 Å². The number of aromatic nitrogens is 3. The number of rotatable bonds is 6. The van der Waals surface area contributed by atoms with Crippen molar-refractivity contribution in [2.24, 2.45) is 5.41 Å². The highest BCUT2D eigenvalue weighted by molar-refractivity contribution is 7.09. The van der Waals surface area contributed by atoms with E-state index < -0.39 is 6.10 Å². The number of imidazole rings is 1. The van der Waals surface area contributed by atoms with Crippen LogP contribution in [0.4, 0.5) is 0 Å². The Kier molecular flexibility index (Phi) is 4.81. The fraction of sp³-hybridized carbons (Fsp3) is 0.611. The van der Waals surface area contributed by atoms with Gasteiger partial charge in [0.1, 0.15) is 0 Å². The van der Waals surface area contributed by atoms with Gasteiger partial charge in [0.05, 0.1) is 34.6 Å². The van der Waals surface area contributed by atoms with Gasteiger partial charge in [-0.3, -0.25) is 9.69 Å².